The molecule has 0 heterocycles. The molecule has 0 spiro atoms. The number of halogens is 1. The Balaban J connectivity index is 2.35. The van der Waals surface area contributed by atoms with E-state index in [4.69, 9.17) is 15.4 Å². The summed E-state index contributed by atoms with van der Waals surface area (Å²) in [5.41, 5.74) is 0. The zero-order valence-corrected chi connectivity index (χ0v) is 12.3. The molecule has 0 N–H and O–H groups in total. The van der Waals surface area contributed by atoms with E-state index in [2.05, 4.69) is 13.8 Å². The van der Waals surface area contributed by atoms with Crippen molar-refractivity contribution in [2.75, 3.05) is 6.61 Å². The molecule has 0 aromatic heterocycles. The predicted octanol–water partition coefficient (Wildman–Crippen LogP) is 3.80. The van der Waals surface area contributed by atoms with Gasteiger partial charge in [-0.2, -0.15) is 0 Å². The molecule has 3 nitrogen and oxygen atoms in total. The molecule has 19 heavy (non-hydrogen) atoms. The number of benzene rings is 2. The van der Waals surface area contributed by atoms with E-state index in [9.17, 15) is 8.42 Å². The standard InChI is InChI=1S/C14H15ClO3S/c1-10(2)9-18-13-5-3-12-8-14(19(15,16)17)6-4-11(12)7-13/h3-8,10H,9H2,1-2H3. The van der Waals surface area contributed by atoms with Gasteiger partial charge in [0.25, 0.3) is 9.05 Å². The first-order valence-corrected chi connectivity index (χ1v) is 8.28. The molecule has 0 atom stereocenters. The van der Waals surface area contributed by atoms with Crippen LogP contribution in [0.4, 0.5) is 0 Å². The van der Waals surface area contributed by atoms with Gasteiger partial charge in [-0.3, -0.25) is 0 Å². The fourth-order valence-corrected chi connectivity index (χ4v) is 2.49. The van der Waals surface area contributed by atoms with Crippen molar-refractivity contribution in [1.29, 1.82) is 0 Å². The van der Waals surface area contributed by atoms with Gasteiger partial charge in [-0.05, 0) is 41.0 Å². The lowest BCUT2D eigenvalue weighted by molar-refractivity contribution is 0.271. The Labute approximate surface area is 117 Å². The van der Waals surface area contributed by atoms with E-state index >= 15 is 0 Å². The lowest BCUT2D eigenvalue weighted by Crippen LogP contribution is -2.04. The van der Waals surface area contributed by atoms with Crippen LogP contribution in [0.15, 0.2) is 41.3 Å². The second-order valence-corrected chi connectivity index (χ2v) is 7.38. The van der Waals surface area contributed by atoms with Gasteiger partial charge in [-0.25, -0.2) is 8.42 Å². The maximum Gasteiger partial charge on any atom is 0.261 e. The van der Waals surface area contributed by atoms with Crippen molar-refractivity contribution in [2.24, 2.45) is 5.92 Å². The van der Waals surface area contributed by atoms with E-state index in [1.54, 1.807) is 12.1 Å². The maximum absolute atomic E-state index is 11.3. The van der Waals surface area contributed by atoms with E-state index in [0.717, 1.165) is 16.5 Å². The molecule has 0 amide bonds. The van der Waals surface area contributed by atoms with Gasteiger partial charge in [0.15, 0.2) is 0 Å². The second kappa shape index (κ2) is 5.39. The Bertz CT molecular complexity index is 693. The monoisotopic (exact) mass is 298 g/mol. The molecule has 2 aromatic rings. The molecule has 0 saturated heterocycles. The SMILES string of the molecule is CC(C)COc1ccc2cc(S(=O)(=O)Cl)ccc2c1. The minimum Gasteiger partial charge on any atom is -0.493 e. The number of ether oxygens (including phenoxy) is 1. The summed E-state index contributed by atoms with van der Waals surface area (Å²) in [5.74, 6) is 1.24. The van der Waals surface area contributed by atoms with E-state index in [0.29, 0.717) is 12.5 Å². The van der Waals surface area contributed by atoms with Gasteiger partial charge in [0.05, 0.1) is 11.5 Å². The number of fused-ring (bicyclic) bond motifs is 1. The molecule has 2 aromatic carbocycles. The highest BCUT2D eigenvalue weighted by Crippen LogP contribution is 2.25. The average Bonchev–Trinajstić information content (AvgIpc) is 2.34. The van der Waals surface area contributed by atoms with Gasteiger partial charge in [-0.15, -0.1) is 0 Å². The third-order valence-electron chi connectivity index (χ3n) is 2.65. The normalized spacial score (nSPS) is 12.0. The summed E-state index contributed by atoms with van der Waals surface area (Å²) >= 11 is 0. The van der Waals surface area contributed by atoms with Crippen LogP contribution >= 0.6 is 10.7 Å². The predicted molar refractivity (Wildman–Crippen MR) is 77.3 cm³/mol. The van der Waals surface area contributed by atoms with Crippen LogP contribution in [0.5, 0.6) is 5.75 Å². The first kappa shape index (κ1) is 14.2. The summed E-state index contributed by atoms with van der Waals surface area (Å²) in [4.78, 5) is 0.109. The number of hydrogen-bond acceptors (Lipinski definition) is 3. The highest BCUT2D eigenvalue weighted by atomic mass is 35.7. The molecule has 0 saturated carbocycles. The van der Waals surface area contributed by atoms with Crippen LogP contribution in [-0.4, -0.2) is 15.0 Å². The molecule has 0 aliphatic rings. The maximum atomic E-state index is 11.3. The summed E-state index contributed by atoms with van der Waals surface area (Å²) in [7, 11) is 1.64. The van der Waals surface area contributed by atoms with Crippen molar-refractivity contribution in [1.82, 2.24) is 0 Å². The lowest BCUT2D eigenvalue weighted by Gasteiger charge is -2.09. The molecule has 102 valence electrons. The Morgan fingerprint density at radius 1 is 1.11 bits per heavy atom. The quantitative estimate of drug-likeness (QED) is 0.806. The van der Waals surface area contributed by atoms with Crippen LogP contribution in [0.25, 0.3) is 10.8 Å². The molecule has 0 fully saturated rings. The van der Waals surface area contributed by atoms with Crippen molar-refractivity contribution in [3.8, 4) is 5.75 Å². The largest absolute Gasteiger partial charge is 0.493 e. The first-order valence-electron chi connectivity index (χ1n) is 5.97. The van der Waals surface area contributed by atoms with Gasteiger partial charge in [0, 0.05) is 10.7 Å². The first-order chi connectivity index (χ1) is 8.86. The van der Waals surface area contributed by atoms with Gasteiger partial charge in [0.1, 0.15) is 5.75 Å². The van der Waals surface area contributed by atoms with E-state index in [1.165, 1.54) is 6.07 Å². The molecule has 0 radical (unpaired) electrons. The minimum atomic E-state index is -3.68. The van der Waals surface area contributed by atoms with Crippen LogP contribution in [0, 0.1) is 5.92 Å². The smallest absolute Gasteiger partial charge is 0.261 e. The van der Waals surface area contributed by atoms with Crippen LogP contribution in [-0.2, 0) is 9.05 Å². The number of rotatable bonds is 4. The van der Waals surface area contributed by atoms with Crippen LogP contribution in [0.1, 0.15) is 13.8 Å². The van der Waals surface area contributed by atoms with E-state index in [1.807, 2.05) is 18.2 Å². The molecular weight excluding hydrogens is 284 g/mol. The van der Waals surface area contributed by atoms with Gasteiger partial charge < -0.3 is 4.74 Å². The molecule has 0 unspecified atom stereocenters. The third kappa shape index (κ3) is 3.61. The topological polar surface area (TPSA) is 43.4 Å². The summed E-state index contributed by atoms with van der Waals surface area (Å²) in [6.45, 7) is 4.82. The average molecular weight is 299 g/mol. The highest BCUT2D eigenvalue weighted by molar-refractivity contribution is 8.13. The fraction of sp³-hybridized carbons (Fsp3) is 0.286. The van der Waals surface area contributed by atoms with Crippen molar-refractivity contribution < 1.29 is 13.2 Å². The zero-order valence-electron chi connectivity index (χ0n) is 10.8. The van der Waals surface area contributed by atoms with Gasteiger partial charge in [-0.1, -0.05) is 26.0 Å². The Morgan fingerprint density at radius 3 is 2.37 bits per heavy atom. The second-order valence-electron chi connectivity index (χ2n) is 4.81. The van der Waals surface area contributed by atoms with E-state index < -0.39 is 9.05 Å². The molecule has 0 aliphatic carbocycles. The van der Waals surface area contributed by atoms with Crippen LogP contribution in [0.3, 0.4) is 0 Å². The number of hydrogen-bond donors (Lipinski definition) is 0. The zero-order chi connectivity index (χ0) is 14.0. The van der Waals surface area contributed by atoms with Crippen molar-refractivity contribution in [3.05, 3.63) is 36.4 Å². The van der Waals surface area contributed by atoms with Crippen molar-refractivity contribution >= 4 is 30.5 Å². The summed E-state index contributed by atoms with van der Waals surface area (Å²) in [6, 6.07) is 10.3. The molecule has 2 rings (SSSR count). The third-order valence-corrected chi connectivity index (χ3v) is 4.00. The minimum absolute atomic E-state index is 0.109. The summed E-state index contributed by atoms with van der Waals surface area (Å²) < 4.78 is 28.2. The molecule has 0 bridgehead atoms. The van der Waals surface area contributed by atoms with Crippen molar-refractivity contribution in [3.63, 3.8) is 0 Å². The summed E-state index contributed by atoms with van der Waals surface area (Å²) in [5, 5.41) is 1.74. The summed E-state index contributed by atoms with van der Waals surface area (Å²) in [6.07, 6.45) is 0. The Kier molecular flexibility index (Phi) is 4.02. The fourth-order valence-electron chi connectivity index (χ4n) is 1.71. The molecule has 0 aliphatic heterocycles. The van der Waals surface area contributed by atoms with Gasteiger partial charge >= 0.3 is 0 Å². The lowest BCUT2D eigenvalue weighted by atomic mass is 10.1. The van der Waals surface area contributed by atoms with Crippen molar-refractivity contribution in [2.45, 2.75) is 18.7 Å². The van der Waals surface area contributed by atoms with Crippen LogP contribution < -0.4 is 4.74 Å². The Morgan fingerprint density at radius 2 is 1.74 bits per heavy atom. The van der Waals surface area contributed by atoms with Crippen LogP contribution in [0.2, 0.25) is 0 Å². The molecule has 5 heteroatoms. The molecular formula is C14H15ClO3S. The Hall–Kier alpha value is -1.26. The van der Waals surface area contributed by atoms with Gasteiger partial charge in [0.2, 0.25) is 0 Å². The highest BCUT2D eigenvalue weighted by Gasteiger charge is 2.10. The van der Waals surface area contributed by atoms with E-state index in [-0.39, 0.29) is 4.90 Å².